The molecule has 2 saturated heterocycles. The maximum absolute atomic E-state index is 2.90. The van der Waals surface area contributed by atoms with E-state index >= 15 is 0 Å². The minimum absolute atomic E-state index is 0. The molecule has 4 saturated carbocycles. The number of hydrogen-bond acceptors (Lipinski definition) is 2. The van der Waals surface area contributed by atoms with E-state index in [9.17, 15) is 0 Å². The van der Waals surface area contributed by atoms with Crippen molar-refractivity contribution in [1.82, 2.24) is 9.80 Å². The lowest BCUT2D eigenvalue weighted by Gasteiger charge is -2.56. The molecule has 0 aromatic rings. The molecule has 28 heavy (non-hydrogen) atoms. The highest BCUT2D eigenvalue weighted by molar-refractivity contribution is 5.85. The molecule has 0 radical (unpaired) electrons. The van der Waals surface area contributed by atoms with E-state index in [-0.39, 0.29) is 24.8 Å². The lowest BCUT2D eigenvalue weighted by Crippen LogP contribution is -2.54. The molecule has 2 nitrogen and oxygen atoms in total. The second kappa shape index (κ2) is 9.75. The fraction of sp³-hybridized carbons (Fsp3) is 1.00. The number of fused-ring (bicyclic) bond motifs is 2. The maximum Gasteiger partial charge on any atom is 0.0110 e. The van der Waals surface area contributed by atoms with Crippen molar-refractivity contribution in [1.29, 1.82) is 0 Å². The third kappa shape index (κ3) is 4.71. The van der Waals surface area contributed by atoms with E-state index in [0.717, 1.165) is 22.7 Å². The van der Waals surface area contributed by atoms with Crippen LogP contribution in [0.2, 0.25) is 0 Å². The van der Waals surface area contributed by atoms with E-state index in [1.807, 2.05) is 0 Å². The summed E-state index contributed by atoms with van der Waals surface area (Å²) in [5.41, 5.74) is 1.47. The van der Waals surface area contributed by atoms with Crippen molar-refractivity contribution in [3.05, 3.63) is 0 Å². The predicted octanol–water partition coefficient (Wildman–Crippen LogP) is 6.17. The second-order valence-electron chi connectivity index (χ2n) is 11.1. The Morgan fingerprint density at radius 2 is 1.25 bits per heavy atom. The van der Waals surface area contributed by atoms with Gasteiger partial charge in [-0.25, -0.2) is 0 Å². The zero-order valence-electron chi connectivity index (χ0n) is 18.0. The summed E-state index contributed by atoms with van der Waals surface area (Å²) in [7, 11) is 0. The third-order valence-electron chi connectivity index (χ3n) is 9.48. The molecule has 2 bridgehead atoms. The zero-order valence-corrected chi connectivity index (χ0v) is 19.6. The molecule has 0 amide bonds. The van der Waals surface area contributed by atoms with Crippen molar-refractivity contribution in [2.75, 3.05) is 39.3 Å². The van der Waals surface area contributed by atoms with Crippen molar-refractivity contribution in [3.8, 4) is 0 Å². The van der Waals surface area contributed by atoms with Gasteiger partial charge in [-0.3, -0.25) is 0 Å². The van der Waals surface area contributed by atoms with Gasteiger partial charge in [0.25, 0.3) is 0 Å². The molecule has 2 aliphatic heterocycles. The monoisotopic (exact) mass is 430 g/mol. The van der Waals surface area contributed by atoms with E-state index in [2.05, 4.69) is 9.80 Å². The first-order chi connectivity index (χ1) is 12.8. The Labute approximate surface area is 186 Å². The lowest BCUT2D eigenvalue weighted by molar-refractivity contribution is -0.0566. The van der Waals surface area contributed by atoms with Crippen LogP contribution < -0.4 is 0 Å². The Kier molecular flexibility index (Phi) is 8.07. The molecule has 164 valence electrons. The van der Waals surface area contributed by atoms with Crippen molar-refractivity contribution in [2.24, 2.45) is 22.7 Å². The molecule has 1 unspecified atom stereocenters. The van der Waals surface area contributed by atoms with Crippen LogP contribution in [0, 0.1) is 22.7 Å². The minimum Gasteiger partial charge on any atom is -0.302 e. The standard InChI is InChI=1S/C24H42N2.2ClH/c1-2-10-23(11-3-1)12-4-14-25(19-23)16-17-26-15-5-13-24(20-26)18-21-6-8-22(24)9-7-21;;/h21-22H,1-20H2;2*1H. The smallest absolute Gasteiger partial charge is 0.0110 e. The summed E-state index contributed by atoms with van der Waals surface area (Å²) in [6, 6.07) is 0. The van der Waals surface area contributed by atoms with Gasteiger partial charge in [-0.1, -0.05) is 32.1 Å². The fourth-order valence-corrected chi connectivity index (χ4v) is 8.16. The molecule has 6 aliphatic rings. The molecule has 0 N–H and O–H groups in total. The topological polar surface area (TPSA) is 6.48 Å². The molecule has 6 rings (SSSR count). The van der Waals surface area contributed by atoms with Crippen molar-refractivity contribution in [3.63, 3.8) is 0 Å². The van der Waals surface area contributed by atoms with Crippen molar-refractivity contribution < 1.29 is 0 Å². The first-order valence-electron chi connectivity index (χ1n) is 12.2. The van der Waals surface area contributed by atoms with Gasteiger partial charge in [-0.2, -0.15) is 0 Å². The van der Waals surface area contributed by atoms with Gasteiger partial charge in [0.05, 0.1) is 0 Å². The quantitative estimate of drug-likeness (QED) is 0.527. The summed E-state index contributed by atoms with van der Waals surface area (Å²) in [6.45, 7) is 8.36. The predicted molar refractivity (Wildman–Crippen MR) is 124 cm³/mol. The van der Waals surface area contributed by atoms with E-state index in [4.69, 9.17) is 0 Å². The number of nitrogens with zero attached hydrogens (tertiary/aromatic N) is 2. The molecule has 4 heteroatoms. The van der Waals surface area contributed by atoms with Crippen LogP contribution >= 0.6 is 24.8 Å². The van der Waals surface area contributed by atoms with Gasteiger partial charge in [0.15, 0.2) is 0 Å². The Balaban J connectivity index is 0.00000112. The SMILES string of the molecule is C1CCC2(CC1)CCCN(CCN1CCCC3(CC4CCC3CC4)C1)C2.Cl.Cl. The summed E-state index contributed by atoms with van der Waals surface area (Å²) in [6.07, 6.45) is 21.4. The maximum atomic E-state index is 2.90. The van der Waals surface area contributed by atoms with Crippen LogP contribution in [0.5, 0.6) is 0 Å². The van der Waals surface area contributed by atoms with Crippen LogP contribution in [-0.4, -0.2) is 49.1 Å². The first-order valence-corrected chi connectivity index (χ1v) is 12.2. The molecule has 6 fully saturated rings. The van der Waals surface area contributed by atoms with E-state index in [1.165, 1.54) is 90.6 Å². The lowest BCUT2D eigenvalue weighted by atomic mass is 9.53. The summed E-state index contributed by atoms with van der Waals surface area (Å²) in [5, 5.41) is 0. The number of piperidine rings is 2. The van der Waals surface area contributed by atoms with Gasteiger partial charge in [0.1, 0.15) is 0 Å². The van der Waals surface area contributed by atoms with E-state index < -0.39 is 0 Å². The van der Waals surface area contributed by atoms with Gasteiger partial charge in [-0.05, 0) is 93.5 Å². The minimum atomic E-state index is 0. The second-order valence-corrected chi connectivity index (χ2v) is 11.1. The highest BCUT2D eigenvalue weighted by atomic mass is 35.5. The van der Waals surface area contributed by atoms with Gasteiger partial charge in [-0.15, -0.1) is 24.8 Å². The largest absolute Gasteiger partial charge is 0.302 e. The van der Waals surface area contributed by atoms with Crippen LogP contribution in [0.25, 0.3) is 0 Å². The summed E-state index contributed by atoms with van der Waals surface area (Å²) in [5.74, 6) is 2.17. The van der Waals surface area contributed by atoms with E-state index in [0.29, 0.717) is 0 Å². The Morgan fingerprint density at radius 1 is 0.643 bits per heavy atom. The zero-order chi connectivity index (χ0) is 17.5. The van der Waals surface area contributed by atoms with E-state index in [1.54, 1.807) is 38.5 Å². The Hall–Kier alpha value is 0.500. The fourth-order valence-electron chi connectivity index (χ4n) is 8.16. The summed E-state index contributed by atoms with van der Waals surface area (Å²) >= 11 is 0. The number of hydrogen-bond donors (Lipinski definition) is 0. The molecule has 0 aromatic heterocycles. The van der Waals surface area contributed by atoms with Crippen LogP contribution in [0.15, 0.2) is 0 Å². The Bertz CT molecular complexity index is 479. The van der Waals surface area contributed by atoms with Crippen LogP contribution in [0.1, 0.15) is 89.9 Å². The van der Waals surface area contributed by atoms with Crippen LogP contribution in [0.4, 0.5) is 0 Å². The Morgan fingerprint density at radius 3 is 1.89 bits per heavy atom. The molecule has 2 spiro atoms. The van der Waals surface area contributed by atoms with Gasteiger partial charge in [0, 0.05) is 26.2 Å². The molecule has 0 aromatic carbocycles. The number of likely N-dealkylation sites (tertiary alicyclic amines) is 2. The average Bonchev–Trinajstić information content (AvgIpc) is 2.68. The van der Waals surface area contributed by atoms with Crippen LogP contribution in [-0.2, 0) is 0 Å². The average molecular weight is 432 g/mol. The normalized spacial score (nSPS) is 38.1. The molecular weight excluding hydrogens is 387 g/mol. The van der Waals surface area contributed by atoms with Crippen molar-refractivity contribution in [2.45, 2.75) is 89.9 Å². The molecular formula is C24H44Cl2N2. The van der Waals surface area contributed by atoms with Crippen molar-refractivity contribution >= 4 is 24.8 Å². The highest BCUT2D eigenvalue weighted by Crippen LogP contribution is 2.56. The first kappa shape index (κ1) is 23.2. The molecule has 2 heterocycles. The van der Waals surface area contributed by atoms with Gasteiger partial charge in [0.2, 0.25) is 0 Å². The summed E-state index contributed by atoms with van der Waals surface area (Å²) < 4.78 is 0. The highest BCUT2D eigenvalue weighted by Gasteiger charge is 2.48. The molecule has 1 atom stereocenters. The van der Waals surface area contributed by atoms with Gasteiger partial charge < -0.3 is 9.80 Å². The number of rotatable bonds is 3. The van der Waals surface area contributed by atoms with Crippen LogP contribution in [0.3, 0.4) is 0 Å². The third-order valence-corrected chi connectivity index (χ3v) is 9.48. The molecule has 4 aliphatic carbocycles. The summed E-state index contributed by atoms with van der Waals surface area (Å²) in [4.78, 5) is 5.76. The number of halogens is 2. The van der Waals surface area contributed by atoms with Gasteiger partial charge >= 0.3 is 0 Å².